The predicted molar refractivity (Wildman–Crippen MR) is 55.3 cm³/mol. The van der Waals surface area contributed by atoms with Gasteiger partial charge in [0.15, 0.2) is 0 Å². The zero-order valence-corrected chi connectivity index (χ0v) is 8.47. The lowest BCUT2D eigenvalue weighted by Gasteiger charge is -2.06. The minimum atomic E-state index is -0.983. The average molecular weight is 232 g/mol. The first kappa shape index (κ1) is 11.2. The van der Waals surface area contributed by atoms with E-state index in [0.717, 1.165) is 18.2 Å². The van der Waals surface area contributed by atoms with E-state index in [1.807, 2.05) is 0 Å². The Kier molecular flexibility index (Phi) is 2.84. The summed E-state index contributed by atoms with van der Waals surface area (Å²) in [5.41, 5.74) is -0.950. The molecule has 0 saturated carbocycles. The molecule has 2 aromatic rings. The van der Waals surface area contributed by atoms with Crippen LogP contribution in [0.1, 0.15) is 5.56 Å². The van der Waals surface area contributed by atoms with Crippen molar-refractivity contribution >= 4 is 0 Å². The minimum Gasteiger partial charge on any atom is -0.206 e. The zero-order valence-electron chi connectivity index (χ0n) is 8.47. The van der Waals surface area contributed by atoms with Crippen LogP contribution >= 0.6 is 0 Å². The molecule has 83 valence electrons. The van der Waals surface area contributed by atoms with Crippen LogP contribution in [-0.2, 0) is 0 Å². The van der Waals surface area contributed by atoms with E-state index >= 15 is 0 Å². The zero-order chi connectivity index (χ0) is 12.4. The van der Waals surface area contributed by atoms with Crippen LogP contribution in [0.25, 0.3) is 11.1 Å². The SMILES string of the molecule is N#Cc1cc(F)c(-c2[c]cccc2F)c(F)c1. The number of halogens is 3. The fraction of sp³-hybridized carbons (Fsp3) is 0. The third-order valence-electron chi connectivity index (χ3n) is 2.23. The lowest BCUT2D eigenvalue weighted by atomic mass is 10.0. The molecule has 1 radical (unpaired) electrons. The van der Waals surface area contributed by atoms with Crippen molar-refractivity contribution in [2.75, 3.05) is 0 Å². The molecule has 17 heavy (non-hydrogen) atoms. The highest BCUT2D eigenvalue weighted by Gasteiger charge is 2.16. The summed E-state index contributed by atoms with van der Waals surface area (Å²) in [6.45, 7) is 0. The molecule has 0 bridgehead atoms. The summed E-state index contributed by atoms with van der Waals surface area (Å²) in [5.74, 6) is -2.74. The predicted octanol–water partition coefficient (Wildman–Crippen LogP) is 3.44. The molecule has 0 spiro atoms. The molecule has 0 N–H and O–H groups in total. The summed E-state index contributed by atoms with van der Waals surface area (Å²) < 4.78 is 40.6. The summed E-state index contributed by atoms with van der Waals surface area (Å²) in [5, 5.41) is 8.54. The number of hydrogen-bond acceptors (Lipinski definition) is 1. The molecule has 2 aromatic carbocycles. The van der Waals surface area contributed by atoms with Crippen molar-refractivity contribution in [3.63, 3.8) is 0 Å². The second kappa shape index (κ2) is 4.30. The Morgan fingerprint density at radius 2 is 1.71 bits per heavy atom. The van der Waals surface area contributed by atoms with E-state index in [4.69, 9.17) is 5.26 Å². The first-order valence-electron chi connectivity index (χ1n) is 4.69. The van der Waals surface area contributed by atoms with E-state index in [-0.39, 0.29) is 11.1 Å². The molecule has 0 aliphatic rings. The highest BCUT2D eigenvalue weighted by atomic mass is 19.1. The van der Waals surface area contributed by atoms with E-state index in [1.165, 1.54) is 12.1 Å². The standard InChI is InChI=1S/C13H5F3N/c14-10-4-2-1-3-9(10)13-11(15)5-8(7-17)6-12(13)16/h1-2,4-6H. The van der Waals surface area contributed by atoms with Gasteiger partial charge in [-0.05, 0) is 24.3 Å². The number of rotatable bonds is 1. The smallest absolute Gasteiger partial charge is 0.135 e. The van der Waals surface area contributed by atoms with Crippen LogP contribution in [0.3, 0.4) is 0 Å². The Balaban J connectivity index is 2.70. The van der Waals surface area contributed by atoms with Crippen LogP contribution in [0.5, 0.6) is 0 Å². The molecule has 0 aromatic heterocycles. The quantitative estimate of drug-likeness (QED) is 0.738. The second-order valence-corrected chi connectivity index (χ2v) is 3.32. The van der Waals surface area contributed by atoms with E-state index in [1.54, 1.807) is 6.07 Å². The molecular weight excluding hydrogens is 227 g/mol. The Morgan fingerprint density at radius 3 is 2.24 bits per heavy atom. The molecule has 0 heterocycles. The fourth-order valence-electron chi connectivity index (χ4n) is 1.48. The molecule has 0 aliphatic heterocycles. The van der Waals surface area contributed by atoms with Crippen LogP contribution in [0.2, 0.25) is 0 Å². The molecule has 2 rings (SSSR count). The van der Waals surface area contributed by atoms with Gasteiger partial charge in [0.25, 0.3) is 0 Å². The van der Waals surface area contributed by atoms with Crippen molar-refractivity contribution in [3.8, 4) is 17.2 Å². The van der Waals surface area contributed by atoms with E-state index in [9.17, 15) is 13.2 Å². The van der Waals surface area contributed by atoms with Gasteiger partial charge in [-0.2, -0.15) is 5.26 Å². The Labute approximate surface area is 95.7 Å². The van der Waals surface area contributed by atoms with Gasteiger partial charge in [-0.3, -0.25) is 0 Å². The summed E-state index contributed by atoms with van der Waals surface area (Å²) >= 11 is 0. The fourth-order valence-corrected chi connectivity index (χ4v) is 1.48. The van der Waals surface area contributed by atoms with Gasteiger partial charge in [-0.1, -0.05) is 12.1 Å². The molecule has 0 aliphatic carbocycles. The first-order chi connectivity index (χ1) is 8.13. The topological polar surface area (TPSA) is 23.8 Å². The van der Waals surface area contributed by atoms with Crippen molar-refractivity contribution in [1.29, 1.82) is 5.26 Å². The van der Waals surface area contributed by atoms with Gasteiger partial charge < -0.3 is 0 Å². The third-order valence-corrected chi connectivity index (χ3v) is 2.23. The van der Waals surface area contributed by atoms with Gasteiger partial charge in [0, 0.05) is 5.56 Å². The molecule has 0 atom stereocenters. The highest BCUT2D eigenvalue weighted by Crippen LogP contribution is 2.28. The maximum absolute atomic E-state index is 13.6. The van der Waals surface area contributed by atoms with Crippen LogP contribution in [-0.4, -0.2) is 0 Å². The monoisotopic (exact) mass is 232 g/mol. The van der Waals surface area contributed by atoms with Crippen LogP contribution in [0, 0.1) is 34.8 Å². The maximum Gasteiger partial charge on any atom is 0.135 e. The normalized spacial score (nSPS) is 10.0. The highest BCUT2D eigenvalue weighted by molar-refractivity contribution is 5.65. The van der Waals surface area contributed by atoms with Gasteiger partial charge in [-0.25, -0.2) is 13.2 Å². The number of nitriles is 1. The Bertz CT molecular complexity index is 591. The summed E-state index contributed by atoms with van der Waals surface area (Å²) in [7, 11) is 0. The molecule has 1 nitrogen and oxygen atoms in total. The molecule has 0 fully saturated rings. The van der Waals surface area contributed by atoms with Crippen molar-refractivity contribution < 1.29 is 13.2 Å². The summed E-state index contributed by atoms with van der Waals surface area (Å²) in [4.78, 5) is 0. The summed E-state index contributed by atoms with van der Waals surface area (Å²) in [6.07, 6.45) is 0. The minimum absolute atomic E-state index is 0.153. The molecule has 4 heteroatoms. The molecule has 0 unspecified atom stereocenters. The average Bonchev–Trinajstić information content (AvgIpc) is 2.30. The van der Waals surface area contributed by atoms with Crippen LogP contribution < -0.4 is 0 Å². The number of benzene rings is 2. The molecule has 0 saturated heterocycles. The van der Waals surface area contributed by atoms with Crippen molar-refractivity contribution in [2.45, 2.75) is 0 Å². The number of hydrogen-bond donors (Lipinski definition) is 0. The van der Waals surface area contributed by atoms with Crippen LogP contribution in [0.4, 0.5) is 13.2 Å². The Hall–Kier alpha value is -2.28. The van der Waals surface area contributed by atoms with Crippen molar-refractivity contribution in [2.24, 2.45) is 0 Å². The van der Waals surface area contributed by atoms with Crippen molar-refractivity contribution in [1.82, 2.24) is 0 Å². The van der Waals surface area contributed by atoms with E-state index in [0.29, 0.717) is 0 Å². The van der Waals surface area contributed by atoms with Gasteiger partial charge in [-0.15, -0.1) is 0 Å². The second-order valence-electron chi connectivity index (χ2n) is 3.32. The molecular formula is C13H5F3N. The first-order valence-corrected chi connectivity index (χ1v) is 4.69. The van der Waals surface area contributed by atoms with Gasteiger partial charge in [0.1, 0.15) is 17.5 Å². The maximum atomic E-state index is 13.6. The Morgan fingerprint density at radius 1 is 1.06 bits per heavy atom. The van der Waals surface area contributed by atoms with E-state index in [2.05, 4.69) is 6.07 Å². The van der Waals surface area contributed by atoms with E-state index < -0.39 is 23.0 Å². The lowest BCUT2D eigenvalue weighted by Crippen LogP contribution is -1.94. The van der Waals surface area contributed by atoms with Gasteiger partial charge in [0.05, 0.1) is 17.2 Å². The largest absolute Gasteiger partial charge is 0.206 e. The molecule has 0 amide bonds. The van der Waals surface area contributed by atoms with Crippen LogP contribution in [0.15, 0.2) is 30.3 Å². The lowest BCUT2D eigenvalue weighted by molar-refractivity contribution is 0.581. The van der Waals surface area contributed by atoms with Crippen molar-refractivity contribution in [3.05, 3.63) is 59.4 Å². The van der Waals surface area contributed by atoms with Gasteiger partial charge >= 0.3 is 0 Å². The van der Waals surface area contributed by atoms with Gasteiger partial charge in [0.2, 0.25) is 0 Å². The number of nitrogens with zero attached hydrogens (tertiary/aromatic N) is 1. The third kappa shape index (κ3) is 2.00. The summed E-state index contributed by atoms with van der Waals surface area (Å²) in [6, 6.07) is 9.59.